The zero-order valence-electron chi connectivity index (χ0n) is 16.0. The maximum Gasteiger partial charge on any atom is 0.417 e. The quantitative estimate of drug-likeness (QED) is 0.429. The van der Waals surface area contributed by atoms with Crippen molar-refractivity contribution in [1.82, 2.24) is 9.38 Å². The van der Waals surface area contributed by atoms with E-state index in [0.717, 1.165) is 12.3 Å². The van der Waals surface area contributed by atoms with Crippen LogP contribution in [0.5, 0.6) is 5.75 Å². The van der Waals surface area contributed by atoms with Gasteiger partial charge in [0.2, 0.25) is 0 Å². The first-order valence-corrected chi connectivity index (χ1v) is 9.63. The maximum absolute atomic E-state index is 13.2. The molecule has 0 radical (unpaired) electrons. The Kier molecular flexibility index (Phi) is 6.47. The lowest BCUT2D eigenvalue weighted by atomic mass is 10.1. The van der Waals surface area contributed by atoms with E-state index >= 15 is 0 Å². The number of alkyl halides is 3. The van der Waals surface area contributed by atoms with E-state index in [1.54, 1.807) is 24.3 Å². The highest BCUT2D eigenvalue weighted by atomic mass is 35.5. The summed E-state index contributed by atoms with van der Waals surface area (Å²) in [6, 6.07) is 7.23. The van der Waals surface area contributed by atoms with Gasteiger partial charge in [-0.25, -0.2) is 9.78 Å². The molecule has 0 unspecified atom stereocenters. The molecule has 0 saturated heterocycles. The highest BCUT2D eigenvalue weighted by Crippen LogP contribution is 2.34. The van der Waals surface area contributed by atoms with Crippen LogP contribution in [0.3, 0.4) is 0 Å². The normalized spacial score (nSPS) is 11.9. The van der Waals surface area contributed by atoms with Crippen LogP contribution in [-0.2, 0) is 22.3 Å². The summed E-state index contributed by atoms with van der Waals surface area (Å²) in [4.78, 5) is 16.4. The molecule has 5 nitrogen and oxygen atoms in total. The number of carbonyl (C=O) groups is 1. The molecule has 3 rings (SSSR count). The van der Waals surface area contributed by atoms with E-state index < -0.39 is 17.7 Å². The molecule has 30 heavy (non-hydrogen) atoms. The van der Waals surface area contributed by atoms with Crippen LogP contribution >= 0.6 is 23.2 Å². The molecule has 3 aromatic rings. The van der Waals surface area contributed by atoms with Gasteiger partial charge in [0.05, 0.1) is 22.0 Å². The minimum atomic E-state index is -4.58. The molecule has 0 aliphatic carbocycles. The van der Waals surface area contributed by atoms with Crippen molar-refractivity contribution >= 4 is 34.8 Å². The maximum atomic E-state index is 13.2. The third-order valence-corrected chi connectivity index (χ3v) is 4.75. The molecule has 0 amide bonds. The molecule has 10 heteroatoms. The number of aromatic nitrogens is 2. The number of hydrogen-bond donors (Lipinski definition) is 0. The molecule has 0 atom stereocenters. The summed E-state index contributed by atoms with van der Waals surface area (Å²) in [5, 5.41) is 0.381. The van der Waals surface area contributed by atoms with Crippen molar-refractivity contribution in [1.29, 1.82) is 0 Å². The lowest BCUT2D eigenvalue weighted by Gasteiger charge is -2.12. The molecule has 0 saturated carbocycles. The number of halogens is 5. The van der Waals surface area contributed by atoms with Gasteiger partial charge in [-0.05, 0) is 36.2 Å². The number of carbonyl (C=O) groups excluding carboxylic acids is 1. The van der Waals surface area contributed by atoms with Crippen LogP contribution in [0.25, 0.3) is 5.65 Å². The van der Waals surface area contributed by atoms with Crippen molar-refractivity contribution in [3.05, 3.63) is 63.5 Å². The Morgan fingerprint density at radius 2 is 1.87 bits per heavy atom. The number of ether oxygens (including phenoxy) is 2. The highest BCUT2D eigenvalue weighted by Gasteiger charge is 2.32. The van der Waals surface area contributed by atoms with E-state index in [4.69, 9.17) is 32.7 Å². The standard InChI is InChI=1S/C20H17Cl2F3N2O3/c1-11(2)18-16(9-30-17(28)10-29-14-5-3-13(21)4-6-14)27-8-12(20(23,24)25)7-15(22)19(27)26-18/h3-8,11H,9-10H2,1-2H3. The number of imidazole rings is 1. The number of fused-ring (bicyclic) bond motifs is 1. The van der Waals surface area contributed by atoms with Gasteiger partial charge in [-0.1, -0.05) is 37.0 Å². The lowest BCUT2D eigenvalue weighted by molar-refractivity contribution is -0.147. The third-order valence-electron chi connectivity index (χ3n) is 4.22. The Balaban J connectivity index is 1.81. The van der Waals surface area contributed by atoms with E-state index in [1.165, 1.54) is 4.40 Å². The number of rotatable bonds is 6. The summed E-state index contributed by atoms with van der Waals surface area (Å²) in [6.07, 6.45) is -3.69. The molecule has 0 spiro atoms. The second kappa shape index (κ2) is 8.73. The summed E-state index contributed by atoms with van der Waals surface area (Å²) < 4.78 is 51.3. The molecular weight excluding hydrogens is 444 g/mol. The zero-order chi connectivity index (χ0) is 22.1. The Morgan fingerprint density at radius 3 is 2.47 bits per heavy atom. The van der Waals surface area contributed by atoms with Gasteiger partial charge in [0.1, 0.15) is 12.4 Å². The summed E-state index contributed by atoms with van der Waals surface area (Å²) in [5.74, 6) is -0.391. The second-order valence-corrected chi connectivity index (χ2v) is 7.61. The van der Waals surface area contributed by atoms with E-state index in [1.807, 2.05) is 13.8 Å². The van der Waals surface area contributed by atoms with Crippen molar-refractivity contribution < 1.29 is 27.4 Å². The van der Waals surface area contributed by atoms with Gasteiger partial charge in [0, 0.05) is 11.2 Å². The molecule has 160 valence electrons. The Labute approximate surface area is 180 Å². The van der Waals surface area contributed by atoms with Crippen LogP contribution in [0, 0.1) is 0 Å². The van der Waals surface area contributed by atoms with Gasteiger partial charge in [0.25, 0.3) is 0 Å². The van der Waals surface area contributed by atoms with Crippen molar-refractivity contribution in [2.24, 2.45) is 0 Å². The Hall–Kier alpha value is -2.45. The van der Waals surface area contributed by atoms with Gasteiger partial charge in [-0.2, -0.15) is 13.2 Å². The third kappa shape index (κ3) is 4.99. The average Bonchev–Trinajstić information content (AvgIpc) is 3.05. The van der Waals surface area contributed by atoms with E-state index in [9.17, 15) is 18.0 Å². The van der Waals surface area contributed by atoms with Crippen LogP contribution < -0.4 is 4.74 Å². The van der Waals surface area contributed by atoms with Crippen molar-refractivity contribution in [2.45, 2.75) is 32.5 Å². The number of nitrogens with zero attached hydrogens (tertiary/aromatic N) is 2. The van der Waals surface area contributed by atoms with Crippen LogP contribution in [0.2, 0.25) is 10.0 Å². The highest BCUT2D eigenvalue weighted by molar-refractivity contribution is 6.33. The van der Waals surface area contributed by atoms with Crippen molar-refractivity contribution in [3.63, 3.8) is 0 Å². The van der Waals surface area contributed by atoms with Gasteiger partial charge in [-0.3, -0.25) is 4.40 Å². The second-order valence-electron chi connectivity index (χ2n) is 6.77. The lowest BCUT2D eigenvalue weighted by Crippen LogP contribution is -2.16. The molecular formula is C20H17Cl2F3N2O3. The molecule has 0 fully saturated rings. The number of benzene rings is 1. The predicted molar refractivity (Wildman–Crippen MR) is 106 cm³/mol. The van der Waals surface area contributed by atoms with Crippen LogP contribution in [0.1, 0.15) is 36.7 Å². The molecule has 0 aliphatic rings. The molecule has 0 aliphatic heterocycles. The first-order chi connectivity index (χ1) is 14.1. The van der Waals surface area contributed by atoms with E-state index in [2.05, 4.69) is 4.98 Å². The first-order valence-electron chi connectivity index (χ1n) is 8.88. The topological polar surface area (TPSA) is 52.8 Å². The zero-order valence-corrected chi connectivity index (χ0v) is 17.5. The minimum absolute atomic E-state index is 0.130. The number of esters is 1. The molecule has 2 aromatic heterocycles. The van der Waals surface area contributed by atoms with Crippen LogP contribution in [0.15, 0.2) is 36.5 Å². The first kappa shape index (κ1) is 22.2. The molecule has 0 N–H and O–H groups in total. The Bertz CT molecular complexity index is 1060. The van der Waals surface area contributed by atoms with Gasteiger partial charge in [-0.15, -0.1) is 0 Å². The summed E-state index contributed by atoms with van der Waals surface area (Å²) >= 11 is 11.8. The average molecular weight is 461 g/mol. The summed E-state index contributed by atoms with van der Waals surface area (Å²) in [5.41, 5.74) is 0.0404. The predicted octanol–water partition coefficient (Wildman–Crippen LogP) is 5.91. The fourth-order valence-corrected chi connectivity index (χ4v) is 3.17. The van der Waals surface area contributed by atoms with Crippen molar-refractivity contribution in [3.8, 4) is 5.75 Å². The molecule has 2 heterocycles. The molecule has 0 bridgehead atoms. The minimum Gasteiger partial charge on any atom is -0.482 e. The van der Waals surface area contributed by atoms with Crippen LogP contribution in [0.4, 0.5) is 13.2 Å². The number of pyridine rings is 1. The fourth-order valence-electron chi connectivity index (χ4n) is 2.79. The summed E-state index contributed by atoms with van der Waals surface area (Å²) in [6.45, 7) is 3.00. The Morgan fingerprint density at radius 1 is 1.20 bits per heavy atom. The van der Waals surface area contributed by atoms with Gasteiger partial charge >= 0.3 is 12.1 Å². The monoisotopic (exact) mass is 460 g/mol. The van der Waals surface area contributed by atoms with Gasteiger partial charge < -0.3 is 9.47 Å². The SMILES string of the molecule is CC(C)c1nc2c(Cl)cc(C(F)(F)F)cn2c1COC(=O)COc1ccc(Cl)cc1. The van der Waals surface area contributed by atoms with Crippen LogP contribution in [-0.4, -0.2) is 22.0 Å². The van der Waals surface area contributed by atoms with E-state index in [-0.39, 0.29) is 29.8 Å². The van der Waals surface area contributed by atoms with Gasteiger partial charge in [0.15, 0.2) is 12.3 Å². The number of hydrogen-bond acceptors (Lipinski definition) is 4. The van der Waals surface area contributed by atoms with Crippen molar-refractivity contribution in [2.75, 3.05) is 6.61 Å². The van der Waals surface area contributed by atoms with E-state index in [0.29, 0.717) is 22.2 Å². The fraction of sp³-hybridized carbons (Fsp3) is 0.300. The largest absolute Gasteiger partial charge is 0.482 e. The molecule has 1 aromatic carbocycles. The summed E-state index contributed by atoms with van der Waals surface area (Å²) in [7, 11) is 0. The smallest absolute Gasteiger partial charge is 0.417 e.